The number of carbonyl (C=O) groups excluding carboxylic acids is 1. The number of rotatable bonds is 3. The Kier molecular flexibility index (Phi) is 3.89. The molecule has 1 N–H and O–H groups in total. The van der Waals surface area contributed by atoms with Crippen LogP contribution in [0.25, 0.3) is 0 Å². The minimum atomic E-state index is -0.159. The molecule has 0 fully saturated rings. The first-order valence-electron chi connectivity index (χ1n) is 4.32. The topological polar surface area (TPSA) is 29.1 Å². The van der Waals surface area contributed by atoms with Crippen LogP contribution in [0.3, 0.4) is 0 Å². The van der Waals surface area contributed by atoms with Crippen molar-refractivity contribution in [3.8, 4) is 0 Å². The van der Waals surface area contributed by atoms with Crippen LogP contribution < -0.4 is 5.32 Å². The third kappa shape index (κ3) is 2.70. The Labute approximate surface area is 92.1 Å². The van der Waals surface area contributed by atoms with Crippen LogP contribution in [0.5, 0.6) is 0 Å². The third-order valence-corrected chi connectivity index (χ3v) is 2.64. The molecule has 0 unspecified atom stereocenters. The fourth-order valence-corrected chi connectivity index (χ4v) is 1.80. The predicted octanol–water partition coefficient (Wildman–Crippen LogP) is 2.81. The van der Waals surface area contributed by atoms with Gasteiger partial charge in [-0.15, -0.1) is 0 Å². The first-order valence-corrected chi connectivity index (χ1v) is 5.12. The molecule has 0 aliphatic carbocycles. The van der Waals surface area contributed by atoms with E-state index in [1.807, 2.05) is 31.2 Å². The lowest BCUT2D eigenvalue weighted by Gasteiger charge is -2.14. The third-order valence-electron chi connectivity index (χ3n) is 1.92. The number of amides is 1. The Morgan fingerprint density at radius 2 is 2.21 bits per heavy atom. The number of benzene rings is 1. The Morgan fingerprint density at radius 3 is 2.79 bits per heavy atom. The highest BCUT2D eigenvalue weighted by atomic mass is 79.9. The average Bonchev–Trinajstić information content (AvgIpc) is 2.18. The molecule has 1 atom stereocenters. The summed E-state index contributed by atoms with van der Waals surface area (Å²) in [7, 11) is 0. The van der Waals surface area contributed by atoms with E-state index in [2.05, 4.69) is 27.8 Å². The van der Waals surface area contributed by atoms with E-state index < -0.39 is 0 Å². The van der Waals surface area contributed by atoms with E-state index in [9.17, 15) is 4.79 Å². The summed E-state index contributed by atoms with van der Waals surface area (Å²) in [6.45, 7) is 5.34. The summed E-state index contributed by atoms with van der Waals surface area (Å²) in [4.78, 5) is 11.1. The molecule has 14 heavy (non-hydrogen) atoms. The van der Waals surface area contributed by atoms with Crippen LogP contribution in [0, 0.1) is 0 Å². The number of hydrogen-bond acceptors (Lipinski definition) is 1. The first kappa shape index (κ1) is 11.0. The molecule has 0 spiro atoms. The van der Waals surface area contributed by atoms with E-state index in [0.717, 1.165) is 10.0 Å². The zero-order valence-electron chi connectivity index (χ0n) is 7.96. The van der Waals surface area contributed by atoms with Crippen molar-refractivity contribution in [2.45, 2.75) is 13.0 Å². The lowest BCUT2D eigenvalue weighted by molar-refractivity contribution is -0.117. The van der Waals surface area contributed by atoms with Gasteiger partial charge in [0.2, 0.25) is 5.91 Å². The van der Waals surface area contributed by atoms with Crippen LogP contribution in [0.15, 0.2) is 41.4 Å². The summed E-state index contributed by atoms with van der Waals surface area (Å²) < 4.78 is 0.997. The monoisotopic (exact) mass is 253 g/mol. The fraction of sp³-hybridized carbons (Fsp3) is 0.182. The van der Waals surface area contributed by atoms with Crippen molar-refractivity contribution in [3.63, 3.8) is 0 Å². The predicted molar refractivity (Wildman–Crippen MR) is 60.9 cm³/mol. The van der Waals surface area contributed by atoms with Gasteiger partial charge in [0.1, 0.15) is 0 Å². The molecule has 74 valence electrons. The van der Waals surface area contributed by atoms with Gasteiger partial charge in [-0.25, -0.2) is 0 Å². The molecule has 1 rings (SSSR count). The normalized spacial score (nSPS) is 11.9. The largest absolute Gasteiger partial charge is 0.346 e. The lowest BCUT2D eigenvalue weighted by Crippen LogP contribution is -2.24. The van der Waals surface area contributed by atoms with Gasteiger partial charge >= 0.3 is 0 Å². The highest BCUT2D eigenvalue weighted by molar-refractivity contribution is 9.10. The van der Waals surface area contributed by atoms with E-state index in [1.54, 1.807) is 0 Å². The molecule has 0 heterocycles. The molecule has 1 amide bonds. The molecule has 1 aromatic rings. The van der Waals surface area contributed by atoms with Crippen LogP contribution in [-0.4, -0.2) is 5.91 Å². The molecule has 0 aliphatic heterocycles. The van der Waals surface area contributed by atoms with Gasteiger partial charge in [-0.05, 0) is 24.6 Å². The summed E-state index contributed by atoms with van der Waals surface area (Å²) in [5, 5.41) is 2.80. The standard InChI is InChI=1S/C11H12BrNO/c1-3-11(14)13-8(2)9-6-4-5-7-10(9)12/h3-8H,1H2,2H3,(H,13,14)/t8-/m0/s1. The molecule has 0 radical (unpaired) electrons. The smallest absolute Gasteiger partial charge is 0.243 e. The average molecular weight is 254 g/mol. The molecular formula is C11H12BrNO. The van der Waals surface area contributed by atoms with Crippen molar-refractivity contribution < 1.29 is 4.79 Å². The van der Waals surface area contributed by atoms with Gasteiger partial charge in [0, 0.05) is 4.47 Å². The summed E-state index contributed by atoms with van der Waals surface area (Å²) in [6.07, 6.45) is 1.27. The number of halogens is 1. The van der Waals surface area contributed by atoms with Crippen molar-refractivity contribution >= 4 is 21.8 Å². The van der Waals surface area contributed by atoms with E-state index in [-0.39, 0.29) is 11.9 Å². The zero-order valence-corrected chi connectivity index (χ0v) is 9.54. The Hall–Kier alpha value is -1.09. The van der Waals surface area contributed by atoms with Gasteiger partial charge in [0.25, 0.3) is 0 Å². The Bertz CT molecular complexity index is 349. The van der Waals surface area contributed by atoms with Crippen molar-refractivity contribution in [1.82, 2.24) is 5.32 Å². The second-order valence-corrected chi connectivity index (χ2v) is 3.81. The van der Waals surface area contributed by atoms with Crippen LogP contribution in [0.4, 0.5) is 0 Å². The number of hydrogen-bond donors (Lipinski definition) is 1. The minimum absolute atomic E-state index is 0.0175. The molecule has 0 aliphatic rings. The molecule has 0 bridgehead atoms. The molecule has 0 saturated carbocycles. The molecule has 1 aromatic carbocycles. The van der Waals surface area contributed by atoms with Crippen LogP contribution in [0.1, 0.15) is 18.5 Å². The second-order valence-electron chi connectivity index (χ2n) is 2.96. The highest BCUT2D eigenvalue weighted by Gasteiger charge is 2.09. The van der Waals surface area contributed by atoms with Crippen LogP contribution in [-0.2, 0) is 4.79 Å². The number of nitrogens with one attached hydrogen (secondary N) is 1. The van der Waals surface area contributed by atoms with E-state index in [4.69, 9.17) is 0 Å². The van der Waals surface area contributed by atoms with Crippen molar-refractivity contribution in [1.29, 1.82) is 0 Å². The maximum absolute atomic E-state index is 11.1. The Balaban J connectivity index is 2.79. The molecule has 2 nitrogen and oxygen atoms in total. The maximum atomic E-state index is 11.1. The van der Waals surface area contributed by atoms with E-state index in [1.165, 1.54) is 6.08 Å². The summed E-state index contributed by atoms with van der Waals surface area (Å²) >= 11 is 3.43. The summed E-state index contributed by atoms with van der Waals surface area (Å²) in [6, 6.07) is 7.78. The molecular weight excluding hydrogens is 242 g/mol. The molecule has 0 aromatic heterocycles. The van der Waals surface area contributed by atoms with Gasteiger partial charge in [-0.3, -0.25) is 4.79 Å². The first-order chi connectivity index (χ1) is 6.65. The highest BCUT2D eigenvalue weighted by Crippen LogP contribution is 2.22. The molecule has 0 saturated heterocycles. The van der Waals surface area contributed by atoms with Crippen LogP contribution >= 0.6 is 15.9 Å². The van der Waals surface area contributed by atoms with Crippen molar-refractivity contribution in [3.05, 3.63) is 47.0 Å². The summed E-state index contributed by atoms with van der Waals surface area (Å²) in [5.41, 5.74) is 1.06. The van der Waals surface area contributed by atoms with Gasteiger partial charge in [-0.2, -0.15) is 0 Å². The molecule has 3 heteroatoms. The van der Waals surface area contributed by atoms with Gasteiger partial charge in [0.05, 0.1) is 6.04 Å². The minimum Gasteiger partial charge on any atom is -0.346 e. The van der Waals surface area contributed by atoms with Crippen LogP contribution in [0.2, 0.25) is 0 Å². The maximum Gasteiger partial charge on any atom is 0.243 e. The fourth-order valence-electron chi connectivity index (χ4n) is 1.18. The SMILES string of the molecule is C=CC(=O)N[C@@H](C)c1ccccc1Br. The zero-order chi connectivity index (χ0) is 10.6. The van der Waals surface area contributed by atoms with Gasteiger partial charge in [0.15, 0.2) is 0 Å². The van der Waals surface area contributed by atoms with Crippen molar-refractivity contribution in [2.75, 3.05) is 0 Å². The Morgan fingerprint density at radius 1 is 1.57 bits per heavy atom. The van der Waals surface area contributed by atoms with E-state index >= 15 is 0 Å². The number of carbonyl (C=O) groups is 1. The lowest BCUT2D eigenvalue weighted by atomic mass is 10.1. The quantitative estimate of drug-likeness (QED) is 0.825. The second kappa shape index (κ2) is 4.96. The van der Waals surface area contributed by atoms with E-state index in [0.29, 0.717) is 0 Å². The van der Waals surface area contributed by atoms with Crippen molar-refractivity contribution in [2.24, 2.45) is 0 Å². The van der Waals surface area contributed by atoms with Gasteiger partial charge < -0.3 is 5.32 Å². The summed E-state index contributed by atoms with van der Waals surface area (Å²) in [5.74, 6) is -0.159. The van der Waals surface area contributed by atoms with Gasteiger partial charge in [-0.1, -0.05) is 40.7 Å².